The second kappa shape index (κ2) is 8.98. The number of carbonyl (C=O) groups excluding carboxylic acids is 1. The Hall–Kier alpha value is -4.00. The lowest BCUT2D eigenvalue weighted by atomic mass is 9.96. The Balaban J connectivity index is 2.08. The van der Waals surface area contributed by atoms with Crippen LogP contribution in [0.3, 0.4) is 0 Å². The van der Waals surface area contributed by atoms with Crippen molar-refractivity contribution in [1.29, 1.82) is 5.26 Å². The molecule has 1 atom stereocenters. The lowest BCUT2D eigenvalue weighted by Gasteiger charge is -2.20. The number of carbonyl (C=O) groups is 1. The fourth-order valence-electron chi connectivity index (χ4n) is 4.31. The number of rotatable bonds is 5. The van der Waals surface area contributed by atoms with E-state index in [1.807, 2.05) is 0 Å². The van der Waals surface area contributed by atoms with Crippen LogP contribution in [0.25, 0.3) is 10.9 Å². The van der Waals surface area contributed by atoms with E-state index in [4.69, 9.17) is 4.74 Å². The average Bonchev–Trinajstić information content (AvgIpc) is 3.25. The van der Waals surface area contributed by atoms with Gasteiger partial charge in [-0.3, -0.25) is 4.98 Å². The number of hydrogen-bond acceptors (Lipinski definition) is 7. The van der Waals surface area contributed by atoms with E-state index in [0.29, 0.717) is 33.3 Å². The van der Waals surface area contributed by atoms with Crippen LogP contribution in [0.1, 0.15) is 50.1 Å². The molecule has 35 heavy (non-hydrogen) atoms. The third kappa shape index (κ3) is 3.97. The van der Waals surface area contributed by atoms with Crippen molar-refractivity contribution in [2.75, 3.05) is 7.11 Å². The van der Waals surface area contributed by atoms with Crippen molar-refractivity contribution < 1.29 is 23.1 Å². The molecule has 4 aromatic rings. The summed E-state index contributed by atoms with van der Waals surface area (Å²) in [6.07, 6.45) is -0.0743. The lowest BCUT2D eigenvalue weighted by molar-refractivity contribution is 0.0599. The van der Waals surface area contributed by atoms with Crippen LogP contribution in [0, 0.1) is 32.1 Å². The first-order valence-corrected chi connectivity index (χ1v) is 12.1. The minimum Gasteiger partial charge on any atom is -0.465 e. The molecule has 0 bridgehead atoms. The smallest absolute Gasteiger partial charge is 0.339 e. The zero-order valence-electron chi connectivity index (χ0n) is 19.6. The number of aliphatic hydroxyl groups is 1. The number of nitriles is 1. The topological polar surface area (TPSA) is 122 Å². The van der Waals surface area contributed by atoms with Crippen molar-refractivity contribution in [3.8, 4) is 6.07 Å². The highest BCUT2D eigenvalue weighted by Crippen LogP contribution is 2.36. The SMILES string of the molecule is COC(=O)c1cnc(C)c(C(O)c2cc3c(C)cc(C#N)cc3n2S(=O)(=O)c2ccccc2)c1C. The van der Waals surface area contributed by atoms with Gasteiger partial charge >= 0.3 is 5.97 Å². The molecular formula is C26H23N3O5S. The van der Waals surface area contributed by atoms with Crippen LogP contribution in [0.5, 0.6) is 0 Å². The van der Waals surface area contributed by atoms with Gasteiger partial charge in [0.25, 0.3) is 10.0 Å². The predicted octanol–water partition coefficient (Wildman–Crippen LogP) is 3.94. The molecule has 0 amide bonds. The van der Waals surface area contributed by atoms with E-state index in [-0.39, 0.29) is 21.7 Å². The summed E-state index contributed by atoms with van der Waals surface area (Å²) < 4.78 is 33.6. The van der Waals surface area contributed by atoms with Crippen LogP contribution in [-0.2, 0) is 14.8 Å². The summed E-state index contributed by atoms with van der Waals surface area (Å²) in [4.78, 5) is 16.5. The first-order chi connectivity index (χ1) is 16.6. The minimum atomic E-state index is -4.17. The summed E-state index contributed by atoms with van der Waals surface area (Å²) in [5.41, 5.74) is 2.65. The summed E-state index contributed by atoms with van der Waals surface area (Å²) in [6.45, 7) is 5.09. The first kappa shape index (κ1) is 24.1. The van der Waals surface area contributed by atoms with Gasteiger partial charge in [-0.25, -0.2) is 17.2 Å². The number of hydrogen-bond donors (Lipinski definition) is 1. The molecule has 8 nitrogen and oxygen atoms in total. The molecule has 0 fully saturated rings. The van der Waals surface area contributed by atoms with E-state index in [2.05, 4.69) is 11.1 Å². The van der Waals surface area contributed by atoms with Gasteiger partial charge in [-0.2, -0.15) is 5.26 Å². The number of fused-ring (bicyclic) bond motifs is 1. The van der Waals surface area contributed by atoms with E-state index in [1.165, 1.54) is 31.5 Å². The second-order valence-corrected chi connectivity index (χ2v) is 9.97. The minimum absolute atomic E-state index is 0.0286. The van der Waals surface area contributed by atoms with Gasteiger partial charge in [-0.05, 0) is 62.2 Å². The summed E-state index contributed by atoms with van der Waals surface area (Å²) in [5.74, 6) is -0.615. The highest BCUT2D eigenvalue weighted by molar-refractivity contribution is 7.90. The Labute approximate surface area is 203 Å². The summed E-state index contributed by atoms with van der Waals surface area (Å²) in [7, 11) is -2.92. The number of aromatic nitrogens is 2. The number of nitrogens with zero attached hydrogens (tertiary/aromatic N) is 3. The van der Waals surface area contributed by atoms with Crippen LogP contribution >= 0.6 is 0 Å². The second-order valence-electron chi connectivity index (χ2n) is 8.18. The molecule has 0 aliphatic rings. The summed E-state index contributed by atoms with van der Waals surface area (Å²) >= 11 is 0. The molecule has 0 spiro atoms. The average molecular weight is 490 g/mol. The Morgan fingerprint density at radius 3 is 2.46 bits per heavy atom. The Morgan fingerprint density at radius 1 is 1.14 bits per heavy atom. The van der Waals surface area contributed by atoms with Gasteiger partial charge in [0.2, 0.25) is 0 Å². The van der Waals surface area contributed by atoms with Crippen LogP contribution in [0.2, 0.25) is 0 Å². The number of aryl methyl sites for hydroxylation is 2. The zero-order chi connectivity index (χ0) is 25.5. The van der Waals surface area contributed by atoms with Gasteiger partial charge in [-0.1, -0.05) is 18.2 Å². The highest BCUT2D eigenvalue weighted by atomic mass is 32.2. The molecule has 1 unspecified atom stereocenters. The Morgan fingerprint density at radius 2 is 1.83 bits per heavy atom. The van der Waals surface area contributed by atoms with Gasteiger partial charge in [0.15, 0.2) is 0 Å². The maximum atomic E-state index is 13.8. The van der Waals surface area contributed by atoms with Crippen LogP contribution in [0.4, 0.5) is 0 Å². The quantitative estimate of drug-likeness (QED) is 0.421. The van der Waals surface area contributed by atoms with Crippen molar-refractivity contribution in [2.45, 2.75) is 31.8 Å². The predicted molar refractivity (Wildman–Crippen MR) is 130 cm³/mol. The molecule has 2 heterocycles. The molecule has 178 valence electrons. The van der Waals surface area contributed by atoms with Crippen molar-refractivity contribution in [1.82, 2.24) is 8.96 Å². The first-order valence-electron chi connectivity index (χ1n) is 10.7. The van der Waals surface area contributed by atoms with Crippen molar-refractivity contribution in [3.05, 3.63) is 93.9 Å². The van der Waals surface area contributed by atoms with Gasteiger partial charge in [0.05, 0.1) is 40.4 Å². The van der Waals surface area contributed by atoms with E-state index < -0.39 is 22.1 Å². The van der Waals surface area contributed by atoms with E-state index in [1.54, 1.807) is 51.1 Å². The number of esters is 1. The fraction of sp³-hybridized carbons (Fsp3) is 0.192. The molecule has 0 saturated carbocycles. The molecule has 0 aliphatic heterocycles. The summed E-state index contributed by atoms with van der Waals surface area (Å²) in [5, 5.41) is 21.7. The molecule has 0 aliphatic carbocycles. The van der Waals surface area contributed by atoms with Gasteiger partial charge < -0.3 is 9.84 Å². The molecule has 1 N–H and O–H groups in total. The zero-order valence-corrected chi connectivity index (χ0v) is 20.4. The maximum Gasteiger partial charge on any atom is 0.339 e. The summed E-state index contributed by atoms with van der Waals surface area (Å²) in [6, 6.07) is 14.7. The van der Waals surface area contributed by atoms with Gasteiger partial charge in [0, 0.05) is 22.8 Å². The number of aliphatic hydroxyl groups excluding tert-OH is 1. The van der Waals surface area contributed by atoms with Crippen LogP contribution in [-0.4, -0.2) is 35.6 Å². The molecular weight excluding hydrogens is 466 g/mol. The van der Waals surface area contributed by atoms with Crippen LogP contribution in [0.15, 0.2) is 59.6 Å². The fourth-order valence-corrected chi connectivity index (χ4v) is 5.86. The van der Waals surface area contributed by atoms with E-state index >= 15 is 0 Å². The largest absolute Gasteiger partial charge is 0.465 e. The number of ether oxygens (including phenoxy) is 1. The number of pyridine rings is 1. The highest BCUT2D eigenvalue weighted by Gasteiger charge is 2.30. The van der Waals surface area contributed by atoms with Gasteiger partial charge in [-0.15, -0.1) is 0 Å². The van der Waals surface area contributed by atoms with Gasteiger partial charge in [0.1, 0.15) is 6.10 Å². The standard InChI is InChI=1S/C26H23N3O5S/c1-15-10-18(13-27)11-22-20(15)12-23(29(22)35(32,33)19-8-6-5-7-9-19)25(30)24-16(2)21(26(31)34-4)14-28-17(24)3/h5-12,14,25,30H,1-4H3. The third-order valence-corrected chi connectivity index (χ3v) is 7.82. The van der Waals surface area contributed by atoms with Crippen molar-refractivity contribution >= 4 is 26.9 Å². The molecule has 0 radical (unpaired) electrons. The third-order valence-electron chi connectivity index (χ3n) is 6.07. The van der Waals surface area contributed by atoms with E-state index in [0.717, 1.165) is 3.97 Å². The molecule has 2 aromatic heterocycles. The van der Waals surface area contributed by atoms with Crippen molar-refractivity contribution in [2.24, 2.45) is 0 Å². The molecule has 2 aromatic carbocycles. The number of benzene rings is 2. The molecule has 0 saturated heterocycles. The lowest BCUT2D eigenvalue weighted by Crippen LogP contribution is -2.20. The molecule has 9 heteroatoms. The maximum absolute atomic E-state index is 13.8. The monoisotopic (exact) mass is 489 g/mol. The normalized spacial score (nSPS) is 12.3. The van der Waals surface area contributed by atoms with Crippen molar-refractivity contribution in [3.63, 3.8) is 0 Å². The Kier molecular flexibility index (Phi) is 6.19. The van der Waals surface area contributed by atoms with E-state index in [9.17, 15) is 23.6 Å². The Bertz CT molecular complexity index is 1620. The number of methoxy groups -OCH3 is 1. The van der Waals surface area contributed by atoms with Crippen LogP contribution < -0.4 is 0 Å². The molecule has 4 rings (SSSR count).